The molecule has 1 aromatic heterocycles. The topological polar surface area (TPSA) is 81.7 Å². The number of thiophene rings is 1. The van der Waals surface area contributed by atoms with Crippen molar-refractivity contribution in [2.45, 2.75) is 33.1 Å². The molecule has 3 rings (SSSR count). The molecule has 0 aliphatic heterocycles. The number of nitrogens with one attached hydrogen (secondary N) is 1. The van der Waals surface area contributed by atoms with Crippen LogP contribution in [-0.2, 0) is 22.3 Å². The first-order chi connectivity index (χ1) is 13.4. The summed E-state index contributed by atoms with van der Waals surface area (Å²) >= 11 is 1.45. The Balaban J connectivity index is 1.87. The van der Waals surface area contributed by atoms with Crippen molar-refractivity contribution >= 4 is 34.2 Å². The summed E-state index contributed by atoms with van der Waals surface area (Å²) in [7, 11) is 1.30. The van der Waals surface area contributed by atoms with Crippen LogP contribution in [0.2, 0.25) is 0 Å². The number of amides is 1. The molecule has 148 valence electrons. The highest BCUT2D eigenvalue weighted by Crippen LogP contribution is 2.40. The van der Waals surface area contributed by atoms with Crippen molar-refractivity contribution in [3.8, 4) is 0 Å². The van der Waals surface area contributed by atoms with Crippen molar-refractivity contribution in [2.75, 3.05) is 19.0 Å². The Hall–Kier alpha value is -2.67. The normalized spacial score (nSPS) is 15.5. The average molecular weight is 401 g/mol. The third-order valence-electron chi connectivity index (χ3n) is 4.79. The minimum Gasteiger partial charge on any atom is -0.465 e. The predicted molar refractivity (Wildman–Crippen MR) is 107 cm³/mol. The molecule has 1 aliphatic rings. The molecular formula is C21H23NO5S. The third kappa shape index (κ3) is 4.09. The third-order valence-corrected chi connectivity index (χ3v) is 5.96. The summed E-state index contributed by atoms with van der Waals surface area (Å²) in [5.41, 5.74) is 2.24. The van der Waals surface area contributed by atoms with E-state index in [0.717, 1.165) is 29.7 Å². The van der Waals surface area contributed by atoms with Crippen molar-refractivity contribution in [1.82, 2.24) is 0 Å². The minimum absolute atomic E-state index is 0.280. The molecule has 7 heteroatoms. The van der Waals surface area contributed by atoms with E-state index in [4.69, 9.17) is 4.74 Å². The SMILES string of the molecule is CCOC(=O)c1c(NC(=O)c2ccc(C(=O)OC)cc2)sc2c1CC[C@H](C)C2. The molecule has 0 saturated heterocycles. The standard InChI is InChI=1S/C21H23NO5S/c1-4-27-21(25)17-15-10-5-12(2)11-16(15)28-19(17)22-18(23)13-6-8-14(9-7-13)20(24)26-3/h6-9,12H,4-5,10-11H2,1-3H3,(H,22,23)/t12-/m0/s1. The van der Waals surface area contributed by atoms with Crippen molar-refractivity contribution in [1.29, 1.82) is 0 Å². The number of benzene rings is 1. The number of methoxy groups -OCH3 is 1. The van der Waals surface area contributed by atoms with Gasteiger partial charge in [-0.3, -0.25) is 4.79 Å². The van der Waals surface area contributed by atoms with Crippen molar-refractivity contribution in [2.24, 2.45) is 5.92 Å². The zero-order valence-corrected chi connectivity index (χ0v) is 17.0. The molecule has 1 aliphatic carbocycles. The van der Waals surface area contributed by atoms with Gasteiger partial charge in [0.15, 0.2) is 0 Å². The molecule has 1 N–H and O–H groups in total. The highest BCUT2D eigenvalue weighted by Gasteiger charge is 2.29. The minimum atomic E-state index is -0.461. The molecule has 0 fully saturated rings. The van der Waals surface area contributed by atoms with Crippen LogP contribution in [0.4, 0.5) is 5.00 Å². The fraction of sp³-hybridized carbons (Fsp3) is 0.381. The molecule has 0 bridgehead atoms. The van der Waals surface area contributed by atoms with E-state index < -0.39 is 11.9 Å². The van der Waals surface area contributed by atoms with Crippen LogP contribution in [0.3, 0.4) is 0 Å². The molecule has 6 nitrogen and oxygen atoms in total. The zero-order valence-electron chi connectivity index (χ0n) is 16.2. The monoisotopic (exact) mass is 401 g/mol. The van der Waals surface area contributed by atoms with Gasteiger partial charge >= 0.3 is 11.9 Å². The van der Waals surface area contributed by atoms with Crippen LogP contribution < -0.4 is 5.32 Å². The number of esters is 2. The zero-order chi connectivity index (χ0) is 20.3. The summed E-state index contributed by atoms with van der Waals surface area (Å²) in [4.78, 5) is 37.9. The number of hydrogen-bond acceptors (Lipinski definition) is 6. The lowest BCUT2D eigenvalue weighted by molar-refractivity contribution is 0.0525. The Kier molecular flexibility index (Phi) is 6.14. The maximum atomic E-state index is 12.7. The Labute approximate surface area is 167 Å². The number of rotatable bonds is 5. The molecule has 0 saturated carbocycles. The van der Waals surface area contributed by atoms with E-state index in [-0.39, 0.29) is 12.5 Å². The highest BCUT2D eigenvalue weighted by molar-refractivity contribution is 7.17. The predicted octanol–water partition coefficient (Wildman–Crippen LogP) is 4.09. The molecule has 0 spiro atoms. The number of carbonyl (C=O) groups excluding carboxylic acids is 3. The van der Waals surface area contributed by atoms with Crippen LogP contribution in [0.15, 0.2) is 24.3 Å². The van der Waals surface area contributed by atoms with E-state index in [1.807, 2.05) is 0 Å². The first kappa shape index (κ1) is 20.1. The van der Waals surface area contributed by atoms with Crippen molar-refractivity contribution < 1.29 is 23.9 Å². The Morgan fingerprint density at radius 2 is 1.82 bits per heavy atom. The van der Waals surface area contributed by atoms with Gasteiger partial charge in [-0.05, 0) is 61.9 Å². The molecule has 28 heavy (non-hydrogen) atoms. The number of hydrogen-bond donors (Lipinski definition) is 1. The average Bonchev–Trinajstić information content (AvgIpc) is 3.04. The van der Waals surface area contributed by atoms with E-state index in [1.54, 1.807) is 19.1 Å². The van der Waals surface area contributed by atoms with Crippen LogP contribution in [0.25, 0.3) is 0 Å². The van der Waals surface area contributed by atoms with E-state index in [1.165, 1.54) is 30.6 Å². The second-order valence-electron chi connectivity index (χ2n) is 6.80. The van der Waals surface area contributed by atoms with Crippen LogP contribution >= 0.6 is 11.3 Å². The second-order valence-corrected chi connectivity index (χ2v) is 7.90. The van der Waals surface area contributed by atoms with Gasteiger partial charge in [-0.1, -0.05) is 6.92 Å². The Bertz CT molecular complexity index is 900. The van der Waals surface area contributed by atoms with Gasteiger partial charge in [-0.25, -0.2) is 9.59 Å². The number of ether oxygens (including phenoxy) is 2. The highest BCUT2D eigenvalue weighted by atomic mass is 32.1. The number of fused-ring (bicyclic) bond motifs is 1. The van der Waals surface area contributed by atoms with Crippen LogP contribution in [-0.4, -0.2) is 31.6 Å². The first-order valence-electron chi connectivity index (χ1n) is 9.26. The fourth-order valence-electron chi connectivity index (χ4n) is 3.31. The Morgan fingerprint density at radius 3 is 2.46 bits per heavy atom. The molecule has 1 aromatic carbocycles. The molecule has 1 atom stereocenters. The quantitative estimate of drug-likeness (QED) is 0.763. The number of anilines is 1. The van der Waals surface area contributed by atoms with E-state index in [9.17, 15) is 14.4 Å². The second kappa shape index (κ2) is 8.56. The first-order valence-corrected chi connectivity index (χ1v) is 10.1. The van der Waals surface area contributed by atoms with Gasteiger partial charge in [0.1, 0.15) is 5.00 Å². The molecule has 2 aromatic rings. The van der Waals surface area contributed by atoms with Gasteiger partial charge < -0.3 is 14.8 Å². The van der Waals surface area contributed by atoms with Gasteiger partial charge in [-0.2, -0.15) is 0 Å². The number of carbonyl (C=O) groups is 3. The molecule has 1 amide bonds. The van der Waals surface area contributed by atoms with E-state index >= 15 is 0 Å². The van der Waals surface area contributed by atoms with Gasteiger partial charge in [0.25, 0.3) is 5.91 Å². The van der Waals surface area contributed by atoms with Crippen molar-refractivity contribution in [3.05, 3.63) is 51.4 Å². The molecule has 0 radical (unpaired) electrons. The summed E-state index contributed by atoms with van der Waals surface area (Å²) in [6.07, 6.45) is 2.72. The lowest BCUT2D eigenvalue weighted by Crippen LogP contribution is -2.16. The van der Waals surface area contributed by atoms with Gasteiger partial charge in [-0.15, -0.1) is 11.3 Å². The van der Waals surface area contributed by atoms with E-state index in [0.29, 0.717) is 27.6 Å². The van der Waals surface area contributed by atoms with Gasteiger partial charge in [0.05, 0.1) is 24.8 Å². The Morgan fingerprint density at radius 1 is 1.14 bits per heavy atom. The van der Waals surface area contributed by atoms with Gasteiger partial charge in [0.2, 0.25) is 0 Å². The summed E-state index contributed by atoms with van der Waals surface area (Å²) in [5, 5.41) is 3.39. The maximum absolute atomic E-state index is 12.7. The lowest BCUT2D eigenvalue weighted by atomic mass is 9.88. The summed E-state index contributed by atoms with van der Waals surface area (Å²) in [6, 6.07) is 6.19. The molecule has 1 heterocycles. The van der Waals surface area contributed by atoms with Gasteiger partial charge in [0, 0.05) is 10.4 Å². The van der Waals surface area contributed by atoms with E-state index in [2.05, 4.69) is 17.0 Å². The maximum Gasteiger partial charge on any atom is 0.341 e. The van der Waals surface area contributed by atoms with Crippen LogP contribution in [0.1, 0.15) is 61.8 Å². The smallest absolute Gasteiger partial charge is 0.341 e. The molecule has 0 unspecified atom stereocenters. The largest absolute Gasteiger partial charge is 0.465 e. The van der Waals surface area contributed by atoms with Crippen molar-refractivity contribution in [3.63, 3.8) is 0 Å². The molecular weight excluding hydrogens is 378 g/mol. The summed E-state index contributed by atoms with van der Waals surface area (Å²) in [6.45, 7) is 4.23. The fourth-order valence-corrected chi connectivity index (χ4v) is 4.70. The lowest BCUT2D eigenvalue weighted by Gasteiger charge is -2.18. The summed E-state index contributed by atoms with van der Waals surface area (Å²) < 4.78 is 9.89. The summed E-state index contributed by atoms with van der Waals surface area (Å²) in [5.74, 6) is -0.647. The van der Waals surface area contributed by atoms with Crippen LogP contribution in [0, 0.1) is 5.92 Å². The van der Waals surface area contributed by atoms with Crippen LogP contribution in [0.5, 0.6) is 0 Å².